The van der Waals surface area contributed by atoms with Crippen LogP contribution in [0.15, 0.2) is 12.4 Å². The summed E-state index contributed by atoms with van der Waals surface area (Å²) in [6, 6.07) is 3.34. The van der Waals surface area contributed by atoms with E-state index in [1.54, 1.807) is 12.4 Å². The van der Waals surface area contributed by atoms with Crippen molar-refractivity contribution in [2.24, 2.45) is 11.3 Å². The zero-order valence-electron chi connectivity index (χ0n) is 15.6. The highest BCUT2D eigenvalue weighted by molar-refractivity contribution is 6.73. The van der Waals surface area contributed by atoms with E-state index in [-0.39, 0.29) is 6.10 Å². The van der Waals surface area contributed by atoms with Crippen molar-refractivity contribution in [3.63, 3.8) is 0 Å². The number of halogens is 2. The van der Waals surface area contributed by atoms with Crippen molar-refractivity contribution in [2.75, 3.05) is 13.1 Å². The lowest BCUT2D eigenvalue weighted by Gasteiger charge is -2.62. The molecule has 1 heterocycles. The van der Waals surface area contributed by atoms with E-state index in [9.17, 15) is 0 Å². The van der Waals surface area contributed by atoms with E-state index in [4.69, 9.17) is 27.6 Å². The molecule has 0 radical (unpaired) electrons. The number of hydrogen-bond acceptors (Lipinski definition) is 3. The second kappa shape index (κ2) is 7.85. The first-order valence-electron chi connectivity index (χ1n) is 9.64. The molecule has 4 rings (SSSR count). The molecule has 3 aliphatic rings. The molecule has 1 unspecified atom stereocenters. The molecule has 25 heavy (non-hydrogen) atoms. The number of aromatic nitrogens is 1. The maximum atomic E-state index is 6.79. The highest BCUT2D eigenvalue weighted by Gasteiger charge is 2.55. The Balaban J connectivity index is 1.74. The summed E-state index contributed by atoms with van der Waals surface area (Å²) in [5, 5.41) is 4.89. The number of nitrogens with zero attached hydrogens (tertiary/aromatic N) is 1. The van der Waals surface area contributed by atoms with Crippen LogP contribution >= 0.6 is 23.2 Å². The molecule has 1 aromatic heterocycles. The average Bonchev–Trinajstić information content (AvgIpc) is 2.53. The third kappa shape index (κ3) is 3.93. The number of pyridine rings is 1. The molecule has 6 heteroatoms. The van der Waals surface area contributed by atoms with Crippen molar-refractivity contribution in [3.8, 4) is 0 Å². The van der Waals surface area contributed by atoms with Gasteiger partial charge in [0.25, 0.3) is 0 Å². The number of hydrogen-bond donors (Lipinski definition) is 1. The summed E-state index contributed by atoms with van der Waals surface area (Å²) in [5.74, 6) is 1.01. The van der Waals surface area contributed by atoms with Gasteiger partial charge in [0.2, 0.25) is 0 Å². The summed E-state index contributed by atoms with van der Waals surface area (Å²) in [6.45, 7) is 8.61. The largest absolute Gasteiger partial charge is 0.409 e. The molecule has 1 aromatic rings. The lowest BCUT2D eigenvalue weighted by Crippen LogP contribution is -2.57. The topological polar surface area (TPSA) is 34.1 Å². The van der Waals surface area contributed by atoms with Crippen LogP contribution in [0.5, 0.6) is 0 Å². The Morgan fingerprint density at radius 1 is 1.16 bits per heavy atom. The highest BCUT2D eigenvalue weighted by atomic mass is 35.5. The zero-order chi connectivity index (χ0) is 18.1. The van der Waals surface area contributed by atoms with Gasteiger partial charge in [0, 0.05) is 31.0 Å². The van der Waals surface area contributed by atoms with Gasteiger partial charge in [0.05, 0.1) is 16.1 Å². The van der Waals surface area contributed by atoms with Crippen molar-refractivity contribution >= 4 is 31.5 Å². The van der Waals surface area contributed by atoms with Gasteiger partial charge in [0.1, 0.15) is 0 Å². The molecule has 0 amide bonds. The van der Waals surface area contributed by atoms with Crippen molar-refractivity contribution in [1.82, 2.24) is 10.3 Å². The van der Waals surface area contributed by atoms with Gasteiger partial charge in [-0.25, -0.2) is 0 Å². The fourth-order valence-corrected chi connectivity index (χ4v) is 7.99. The molecule has 140 valence electrons. The predicted octanol–water partition coefficient (Wildman–Crippen LogP) is 5.84. The van der Waals surface area contributed by atoms with Gasteiger partial charge < -0.3 is 9.74 Å². The second-order valence-electron chi connectivity index (χ2n) is 7.98. The Morgan fingerprint density at radius 3 is 2.16 bits per heavy atom. The van der Waals surface area contributed by atoms with Gasteiger partial charge in [0.15, 0.2) is 8.32 Å². The summed E-state index contributed by atoms with van der Waals surface area (Å²) in [4.78, 5) is 4.10. The molecular weight excluding hydrogens is 371 g/mol. The van der Waals surface area contributed by atoms with E-state index < -0.39 is 8.32 Å². The average molecular weight is 401 g/mol. The van der Waals surface area contributed by atoms with Crippen LogP contribution in [0.3, 0.4) is 0 Å². The van der Waals surface area contributed by atoms with Gasteiger partial charge >= 0.3 is 0 Å². The standard InChI is InChI=1S/C19H30Cl2N2OSi/c1-4-25(5-2,6-3)24-17(18-15(20)10-22-11-16(18)21)12-23-13-19-7-14(8-19)9-19/h10-11,14,17,23H,4-9,12-13H2,1-3H3. The van der Waals surface area contributed by atoms with E-state index >= 15 is 0 Å². The van der Waals surface area contributed by atoms with Gasteiger partial charge in [-0.3, -0.25) is 4.98 Å². The summed E-state index contributed by atoms with van der Waals surface area (Å²) < 4.78 is 6.79. The third-order valence-electron chi connectivity index (χ3n) is 6.53. The second-order valence-corrected chi connectivity index (χ2v) is 13.5. The Morgan fingerprint density at radius 2 is 1.72 bits per heavy atom. The van der Waals surface area contributed by atoms with Gasteiger partial charge in [-0.05, 0) is 48.7 Å². The summed E-state index contributed by atoms with van der Waals surface area (Å²) in [7, 11) is -1.77. The minimum Gasteiger partial charge on any atom is -0.409 e. The van der Waals surface area contributed by atoms with Gasteiger partial charge in [-0.2, -0.15) is 0 Å². The minimum absolute atomic E-state index is 0.0955. The predicted molar refractivity (Wildman–Crippen MR) is 108 cm³/mol. The molecule has 1 atom stereocenters. The van der Waals surface area contributed by atoms with Crippen molar-refractivity contribution in [2.45, 2.75) is 64.3 Å². The van der Waals surface area contributed by atoms with Crippen LogP contribution in [0.1, 0.15) is 51.7 Å². The molecule has 3 aliphatic carbocycles. The molecule has 0 spiro atoms. The van der Waals surface area contributed by atoms with Gasteiger partial charge in [-0.1, -0.05) is 44.0 Å². The van der Waals surface area contributed by atoms with E-state index in [2.05, 4.69) is 31.1 Å². The highest BCUT2D eigenvalue weighted by Crippen LogP contribution is 2.63. The van der Waals surface area contributed by atoms with Crippen molar-refractivity contribution < 1.29 is 4.43 Å². The first kappa shape index (κ1) is 19.6. The fraction of sp³-hybridized carbons (Fsp3) is 0.737. The minimum atomic E-state index is -1.77. The maximum Gasteiger partial charge on any atom is 0.192 e. The van der Waals surface area contributed by atoms with E-state index in [0.717, 1.165) is 42.7 Å². The smallest absolute Gasteiger partial charge is 0.192 e. The lowest BCUT2D eigenvalue weighted by atomic mass is 9.44. The first-order chi connectivity index (χ1) is 12.0. The Labute approximate surface area is 163 Å². The van der Waals surface area contributed by atoms with Gasteiger partial charge in [-0.15, -0.1) is 0 Å². The quantitative estimate of drug-likeness (QED) is 0.500. The Hall–Kier alpha value is -0.133. The third-order valence-corrected chi connectivity index (χ3v) is 11.8. The molecule has 0 saturated heterocycles. The lowest BCUT2D eigenvalue weighted by molar-refractivity contribution is -0.103. The molecule has 0 aromatic carbocycles. The van der Waals surface area contributed by atoms with E-state index in [1.807, 2.05) is 0 Å². The monoisotopic (exact) mass is 400 g/mol. The van der Waals surface area contributed by atoms with E-state index in [1.165, 1.54) is 19.3 Å². The first-order valence-corrected chi connectivity index (χ1v) is 12.9. The molecule has 3 nitrogen and oxygen atoms in total. The van der Waals surface area contributed by atoms with E-state index in [0.29, 0.717) is 15.5 Å². The Kier molecular flexibility index (Phi) is 6.16. The van der Waals surface area contributed by atoms with Crippen LogP contribution in [0.4, 0.5) is 0 Å². The van der Waals surface area contributed by atoms with Crippen LogP contribution < -0.4 is 5.32 Å². The molecular formula is C19H30Cl2N2OSi. The SMILES string of the molecule is CC[Si](CC)(CC)OC(CNCC12CC(C1)C2)c1c(Cl)cncc1Cl. The fourth-order valence-electron chi connectivity index (χ4n) is 4.58. The van der Waals surface area contributed by atoms with Crippen LogP contribution in [0.2, 0.25) is 28.2 Å². The molecule has 3 fully saturated rings. The number of nitrogens with one attached hydrogen (secondary N) is 1. The van der Waals surface area contributed by atoms with Crippen LogP contribution in [-0.4, -0.2) is 26.4 Å². The Bertz CT molecular complexity index is 564. The number of rotatable bonds is 10. The van der Waals surface area contributed by atoms with Crippen LogP contribution in [-0.2, 0) is 4.43 Å². The maximum absolute atomic E-state index is 6.79. The van der Waals surface area contributed by atoms with Crippen molar-refractivity contribution in [1.29, 1.82) is 0 Å². The molecule has 2 bridgehead atoms. The van der Waals surface area contributed by atoms with Crippen molar-refractivity contribution in [3.05, 3.63) is 28.0 Å². The normalized spacial score (nSPS) is 26.0. The zero-order valence-corrected chi connectivity index (χ0v) is 18.1. The van der Waals surface area contributed by atoms with Crippen LogP contribution in [0, 0.1) is 11.3 Å². The molecule has 0 aliphatic heterocycles. The summed E-state index contributed by atoms with van der Waals surface area (Å²) in [5.41, 5.74) is 1.48. The van der Waals surface area contributed by atoms with Crippen LogP contribution in [0.25, 0.3) is 0 Å². The molecule has 3 saturated carbocycles. The molecule has 1 N–H and O–H groups in total. The summed E-state index contributed by atoms with van der Waals surface area (Å²) in [6.07, 6.45) is 7.46. The summed E-state index contributed by atoms with van der Waals surface area (Å²) >= 11 is 12.9.